The van der Waals surface area contributed by atoms with Gasteiger partial charge in [0.25, 0.3) is 5.91 Å². The maximum Gasteiger partial charge on any atom is 0.253 e. The van der Waals surface area contributed by atoms with Crippen LogP contribution in [0.5, 0.6) is 0 Å². The quantitative estimate of drug-likeness (QED) is 0.494. The third kappa shape index (κ3) is 6.92. The van der Waals surface area contributed by atoms with Crippen molar-refractivity contribution in [3.8, 4) is 0 Å². The van der Waals surface area contributed by atoms with E-state index >= 15 is 0 Å². The number of azo groups is 1. The number of nitrogens with zero attached hydrogens (tertiary/aromatic N) is 2. The van der Waals surface area contributed by atoms with Crippen molar-refractivity contribution in [3.05, 3.63) is 53.6 Å². The lowest BCUT2D eigenvalue weighted by Crippen LogP contribution is -2.28. The van der Waals surface area contributed by atoms with Gasteiger partial charge in [-0.2, -0.15) is 5.11 Å². The Kier molecular flexibility index (Phi) is 8.10. The van der Waals surface area contributed by atoms with Crippen LogP contribution in [0, 0.1) is 13.8 Å². The molecular formula is C21H27N3O3. The van der Waals surface area contributed by atoms with Crippen LogP contribution in [0.3, 0.4) is 0 Å². The van der Waals surface area contributed by atoms with Gasteiger partial charge in [-0.1, -0.05) is 23.8 Å². The highest BCUT2D eigenvalue weighted by atomic mass is 16.5. The molecule has 1 amide bonds. The van der Waals surface area contributed by atoms with Gasteiger partial charge in [0.15, 0.2) is 0 Å². The van der Waals surface area contributed by atoms with Gasteiger partial charge in [0, 0.05) is 6.61 Å². The maximum atomic E-state index is 12.4. The second-order valence-electron chi connectivity index (χ2n) is 6.26. The molecule has 0 aromatic heterocycles. The van der Waals surface area contributed by atoms with Gasteiger partial charge in [-0.3, -0.25) is 4.79 Å². The predicted molar refractivity (Wildman–Crippen MR) is 107 cm³/mol. The lowest BCUT2D eigenvalue weighted by atomic mass is 10.2. The average Bonchev–Trinajstić information content (AvgIpc) is 2.66. The summed E-state index contributed by atoms with van der Waals surface area (Å²) in [5.41, 5.74) is 4.15. The SMILES string of the molecule is CCOCCOC(C)C(=O)Nc1ccc(C)cc1N=Nc1ccc(C)cc1. The lowest BCUT2D eigenvalue weighted by Gasteiger charge is -2.14. The van der Waals surface area contributed by atoms with E-state index in [4.69, 9.17) is 9.47 Å². The molecule has 2 rings (SSSR count). The molecule has 0 spiro atoms. The van der Waals surface area contributed by atoms with Gasteiger partial charge in [0.05, 0.1) is 24.6 Å². The molecule has 0 saturated carbocycles. The fraction of sp³-hybridized carbons (Fsp3) is 0.381. The van der Waals surface area contributed by atoms with Gasteiger partial charge in [-0.05, 0) is 57.5 Å². The number of amides is 1. The second-order valence-corrected chi connectivity index (χ2v) is 6.26. The van der Waals surface area contributed by atoms with E-state index in [9.17, 15) is 4.79 Å². The average molecular weight is 369 g/mol. The largest absolute Gasteiger partial charge is 0.379 e. The summed E-state index contributed by atoms with van der Waals surface area (Å²) in [7, 11) is 0. The Morgan fingerprint density at radius 1 is 1.04 bits per heavy atom. The number of hydrogen-bond donors (Lipinski definition) is 1. The van der Waals surface area contributed by atoms with Crippen LogP contribution in [0.15, 0.2) is 52.7 Å². The number of anilines is 1. The Morgan fingerprint density at radius 3 is 2.44 bits per heavy atom. The molecule has 6 heteroatoms. The Balaban J connectivity index is 2.06. The van der Waals surface area contributed by atoms with Crippen molar-refractivity contribution in [2.45, 2.75) is 33.8 Å². The van der Waals surface area contributed by atoms with Crippen LogP contribution in [0.2, 0.25) is 0 Å². The molecular weight excluding hydrogens is 342 g/mol. The molecule has 0 heterocycles. The summed E-state index contributed by atoms with van der Waals surface area (Å²) >= 11 is 0. The minimum atomic E-state index is -0.589. The number of benzene rings is 2. The van der Waals surface area contributed by atoms with E-state index in [2.05, 4.69) is 15.5 Å². The van der Waals surface area contributed by atoms with E-state index in [0.29, 0.717) is 31.2 Å². The predicted octanol–water partition coefficient (Wildman–Crippen LogP) is 5.10. The Morgan fingerprint density at radius 2 is 1.74 bits per heavy atom. The van der Waals surface area contributed by atoms with Crippen molar-refractivity contribution < 1.29 is 14.3 Å². The van der Waals surface area contributed by atoms with Gasteiger partial charge in [-0.15, -0.1) is 5.11 Å². The number of carbonyl (C=O) groups excluding carboxylic acids is 1. The summed E-state index contributed by atoms with van der Waals surface area (Å²) in [6.45, 7) is 9.08. The highest BCUT2D eigenvalue weighted by Crippen LogP contribution is 2.28. The van der Waals surface area contributed by atoms with Crippen LogP contribution >= 0.6 is 0 Å². The molecule has 0 aliphatic rings. The van der Waals surface area contributed by atoms with Gasteiger partial charge >= 0.3 is 0 Å². The summed E-state index contributed by atoms with van der Waals surface area (Å²) in [4.78, 5) is 12.4. The molecule has 0 radical (unpaired) electrons. The summed E-state index contributed by atoms with van der Waals surface area (Å²) in [5.74, 6) is -0.234. The minimum absolute atomic E-state index is 0.234. The van der Waals surface area contributed by atoms with Crippen LogP contribution in [-0.2, 0) is 14.3 Å². The molecule has 144 valence electrons. The number of aryl methyl sites for hydroxylation is 2. The normalized spacial score (nSPS) is 12.3. The Labute approximate surface area is 160 Å². The third-order valence-electron chi connectivity index (χ3n) is 3.89. The molecule has 6 nitrogen and oxygen atoms in total. The van der Waals surface area contributed by atoms with Gasteiger partial charge in [-0.25, -0.2) is 0 Å². The zero-order valence-electron chi connectivity index (χ0n) is 16.4. The first-order valence-electron chi connectivity index (χ1n) is 9.09. The fourth-order valence-electron chi connectivity index (χ4n) is 2.29. The van der Waals surface area contributed by atoms with E-state index in [0.717, 1.165) is 16.8 Å². The molecule has 27 heavy (non-hydrogen) atoms. The Bertz CT molecular complexity index is 773. The summed E-state index contributed by atoms with van der Waals surface area (Å²) in [5, 5.41) is 11.4. The maximum absolute atomic E-state index is 12.4. The molecule has 1 unspecified atom stereocenters. The fourth-order valence-corrected chi connectivity index (χ4v) is 2.29. The van der Waals surface area contributed by atoms with Crippen LogP contribution in [0.4, 0.5) is 17.1 Å². The van der Waals surface area contributed by atoms with Crippen molar-refractivity contribution in [1.29, 1.82) is 0 Å². The second kappa shape index (κ2) is 10.5. The molecule has 1 N–H and O–H groups in total. The number of hydrogen-bond acceptors (Lipinski definition) is 5. The van der Waals surface area contributed by atoms with Crippen molar-refractivity contribution in [2.75, 3.05) is 25.1 Å². The summed E-state index contributed by atoms with van der Waals surface area (Å²) < 4.78 is 10.7. The molecule has 0 saturated heterocycles. The first kappa shape index (κ1) is 20.7. The van der Waals surface area contributed by atoms with E-state index < -0.39 is 6.10 Å². The smallest absolute Gasteiger partial charge is 0.253 e. The number of nitrogens with one attached hydrogen (secondary N) is 1. The van der Waals surface area contributed by atoms with Crippen molar-refractivity contribution in [1.82, 2.24) is 0 Å². The summed E-state index contributed by atoms with van der Waals surface area (Å²) in [6.07, 6.45) is -0.589. The molecule has 0 aliphatic heterocycles. The molecule has 1 atom stereocenters. The Hall–Kier alpha value is -2.57. The van der Waals surface area contributed by atoms with E-state index in [1.54, 1.807) is 6.92 Å². The zero-order valence-corrected chi connectivity index (χ0v) is 16.4. The first-order valence-corrected chi connectivity index (χ1v) is 9.09. The molecule has 0 bridgehead atoms. The highest BCUT2D eigenvalue weighted by molar-refractivity contribution is 5.96. The zero-order chi connectivity index (χ0) is 19.6. The van der Waals surface area contributed by atoms with Crippen LogP contribution in [0.25, 0.3) is 0 Å². The van der Waals surface area contributed by atoms with Crippen LogP contribution in [-0.4, -0.2) is 31.8 Å². The standard InChI is InChI=1S/C21H27N3O3/c1-5-26-12-13-27-17(4)21(25)22-19-11-8-16(3)14-20(19)24-23-18-9-6-15(2)7-10-18/h6-11,14,17H,5,12-13H2,1-4H3,(H,22,25). The lowest BCUT2D eigenvalue weighted by molar-refractivity contribution is -0.127. The van der Waals surface area contributed by atoms with E-state index in [-0.39, 0.29) is 5.91 Å². The topological polar surface area (TPSA) is 72.3 Å². The van der Waals surface area contributed by atoms with Gasteiger partial charge in [0.1, 0.15) is 11.8 Å². The number of ether oxygens (including phenoxy) is 2. The van der Waals surface area contributed by atoms with Crippen molar-refractivity contribution >= 4 is 23.0 Å². The minimum Gasteiger partial charge on any atom is -0.379 e. The van der Waals surface area contributed by atoms with Crippen LogP contribution in [0.1, 0.15) is 25.0 Å². The monoisotopic (exact) mass is 369 g/mol. The molecule has 2 aromatic rings. The first-order chi connectivity index (χ1) is 13.0. The molecule has 0 fully saturated rings. The van der Waals surface area contributed by atoms with Crippen molar-refractivity contribution in [2.24, 2.45) is 10.2 Å². The number of carbonyl (C=O) groups is 1. The molecule has 0 aliphatic carbocycles. The van der Waals surface area contributed by atoms with Crippen LogP contribution < -0.4 is 5.32 Å². The van der Waals surface area contributed by atoms with Crippen molar-refractivity contribution in [3.63, 3.8) is 0 Å². The van der Waals surface area contributed by atoms with Gasteiger partial charge in [0.2, 0.25) is 0 Å². The van der Waals surface area contributed by atoms with Gasteiger partial charge < -0.3 is 14.8 Å². The number of rotatable bonds is 9. The van der Waals surface area contributed by atoms with E-state index in [1.165, 1.54) is 0 Å². The third-order valence-corrected chi connectivity index (χ3v) is 3.89. The van der Waals surface area contributed by atoms with E-state index in [1.807, 2.05) is 63.2 Å². The summed E-state index contributed by atoms with van der Waals surface area (Å²) in [6, 6.07) is 13.4. The molecule has 2 aromatic carbocycles. The highest BCUT2D eigenvalue weighted by Gasteiger charge is 2.15.